The van der Waals surface area contributed by atoms with Crippen molar-refractivity contribution < 1.29 is 0 Å². The summed E-state index contributed by atoms with van der Waals surface area (Å²) in [6.45, 7) is 9.78. The molecular weight excluding hydrogens is 122 g/mol. The molecule has 1 fully saturated rings. The summed E-state index contributed by atoms with van der Waals surface area (Å²) in [5.74, 6) is 1.65. The van der Waals surface area contributed by atoms with Gasteiger partial charge in [-0.3, -0.25) is 0 Å². The molecule has 1 atom stereocenters. The number of hydrogen-bond acceptors (Lipinski definition) is 1. The lowest BCUT2D eigenvalue weighted by molar-refractivity contribution is 0.362. The molecule has 1 aliphatic rings. The van der Waals surface area contributed by atoms with Crippen LogP contribution in [0.15, 0.2) is 12.3 Å². The van der Waals surface area contributed by atoms with Gasteiger partial charge in [0.15, 0.2) is 0 Å². The fraction of sp³-hybridized carbons (Fsp3) is 0.778. The summed E-state index contributed by atoms with van der Waals surface area (Å²) >= 11 is 0. The molecule has 1 nitrogen and oxygen atoms in total. The third kappa shape index (κ3) is 1.34. The van der Waals surface area contributed by atoms with Crippen molar-refractivity contribution in [2.45, 2.75) is 20.3 Å². The lowest BCUT2D eigenvalue weighted by Gasteiger charge is -2.13. The van der Waals surface area contributed by atoms with E-state index in [0.29, 0.717) is 0 Å². The molecule has 0 radical (unpaired) electrons. The lowest BCUT2D eigenvalue weighted by atomic mass is 9.95. The zero-order valence-electron chi connectivity index (χ0n) is 7.22. The first kappa shape index (κ1) is 7.64. The summed E-state index contributed by atoms with van der Waals surface area (Å²) in [5, 5.41) is 0. The second kappa shape index (κ2) is 2.65. The predicted molar refractivity (Wildman–Crippen MR) is 44.7 cm³/mol. The van der Waals surface area contributed by atoms with Gasteiger partial charge in [-0.1, -0.05) is 20.4 Å². The zero-order valence-corrected chi connectivity index (χ0v) is 7.22. The van der Waals surface area contributed by atoms with E-state index >= 15 is 0 Å². The number of hydrogen-bond donors (Lipinski definition) is 0. The second-order valence-corrected chi connectivity index (χ2v) is 3.65. The van der Waals surface area contributed by atoms with Crippen molar-refractivity contribution in [2.24, 2.45) is 11.8 Å². The van der Waals surface area contributed by atoms with Crippen LogP contribution in [0.3, 0.4) is 0 Å². The van der Waals surface area contributed by atoms with Crippen molar-refractivity contribution in [1.82, 2.24) is 4.90 Å². The summed E-state index contributed by atoms with van der Waals surface area (Å²) in [7, 11) is 2.13. The normalized spacial score (nSPS) is 26.6. The van der Waals surface area contributed by atoms with E-state index in [4.69, 9.17) is 0 Å². The molecule has 0 unspecified atom stereocenters. The Hall–Kier alpha value is -0.460. The predicted octanol–water partition coefficient (Wildman–Crippen LogP) is 2.11. The van der Waals surface area contributed by atoms with Gasteiger partial charge in [-0.2, -0.15) is 0 Å². The maximum Gasteiger partial charge on any atom is 0.0206 e. The van der Waals surface area contributed by atoms with Gasteiger partial charge in [0.05, 0.1) is 0 Å². The molecule has 1 aliphatic heterocycles. The number of nitrogens with zero attached hydrogens (tertiary/aromatic N) is 1. The van der Waals surface area contributed by atoms with Crippen LogP contribution in [-0.2, 0) is 0 Å². The van der Waals surface area contributed by atoms with Crippen LogP contribution in [-0.4, -0.2) is 18.5 Å². The van der Waals surface area contributed by atoms with Gasteiger partial charge in [-0.25, -0.2) is 0 Å². The molecule has 0 amide bonds. The molecule has 0 N–H and O–H groups in total. The first-order chi connectivity index (χ1) is 4.61. The molecule has 0 aromatic carbocycles. The minimum Gasteiger partial charge on any atom is -0.378 e. The average Bonchev–Trinajstić information content (AvgIpc) is 2.13. The van der Waals surface area contributed by atoms with E-state index in [-0.39, 0.29) is 0 Å². The molecule has 0 bridgehead atoms. The molecule has 1 heteroatoms. The van der Waals surface area contributed by atoms with Crippen molar-refractivity contribution in [2.75, 3.05) is 13.6 Å². The Bertz CT molecular complexity index is 138. The van der Waals surface area contributed by atoms with Crippen LogP contribution >= 0.6 is 0 Å². The van der Waals surface area contributed by atoms with Crippen molar-refractivity contribution in [1.29, 1.82) is 0 Å². The number of rotatable bonds is 1. The maximum atomic E-state index is 3.99. The molecule has 1 heterocycles. The van der Waals surface area contributed by atoms with Crippen LogP contribution in [0, 0.1) is 11.8 Å². The second-order valence-electron chi connectivity index (χ2n) is 3.65. The van der Waals surface area contributed by atoms with Gasteiger partial charge in [0.1, 0.15) is 0 Å². The molecule has 0 saturated carbocycles. The zero-order chi connectivity index (χ0) is 7.72. The van der Waals surface area contributed by atoms with Gasteiger partial charge < -0.3 is 4.90 Å². The van der Waals surface area contributed by atoms with E-state index in [0.717, 1.165) is 11.8 Å². The molecule has 0 aromatic heterocycles. The van der Waals surface area contributed by atoms with E-state index in [1.54, 1.807) is 0 Å². The van der Waals surface area contributed by atoms with E-state index in [9.17, 15) is 0 Å². The monoisotopic (exact) mass is 139 g/mol. The molecular formula is C9H17N. The summed E-state index contributed by atoms with van der Waals surface area (Å²) < 4.78 is 0. The standard InChI is InChI=1S/C9H17N/c1-7(2)9-5-8(3)10(4)6-9/h7,9H,3,5-6H2,1-2,4H3/t9-/m1/s1. The van der Waals surface area contributed by atoms with Crippen molar-refractivity contribution in [3.8, 4) is 0 Å². The third-order valence-electron chi connectivity index (χ3n) is 2.49. The Kier molecular flexibility index (Phi) is 2.02. The van der Waals surface area contributed by atoms with Gasteiger partial charge >= 0.3 is 0 Å². The molecule has 1 rings (SSSR count). The van der Waals surface area contributed by atoms with E-state index in [2.05, 4.69) is 32.4 Å². The first-order valence-electron chi connectivity index (χ1n) is 4.00. The highest BCUT2D eigenvalue weighted by Crippen LogP contribution is 2.28. The molecule has 0 spiro atoms. The van der Waals surface area contributed by atoms with Gasteiger partial charge in [0, 0.05) is 19.3 Å². The van der Waals surface area contributed by atoms with Crippen LogP contribution in [0.4, 0.5) is 0 Å². The Labute approximate surface area is 63.7 Å². The highest BCUT2D eigenvalue weighted by molar-refractivity contribution is 5.01. The fourth-order valence-corrected chi connectivity index (χ4v) is 1.45. The smallest absolute Gasteiger partial charge is 0.0206 e. The summed E-state index contributed by atoms with van der Waals surface area (Å²) in [6, 6.07) is 0. The van der Waals surface area contributed by atoms with Gasteiger partial charge in [0.25, 0.3) is 0 Å². The van der Waals surface area contributed by atoms with E-state index in [1.165, 1.54) is 18.7 Å². The third-order valence-corrected chi connectivity index (χ3v) is 2.49. The van der Waals surface area contributed by atoms with Crippen molar-refractivity contribution >= 4 is 0 Å². The Morgan fingerprint density at radius 3 is 2.40 bits per heavy atom. The Morgan fingerprint density at radius 2 is 2.20 bits per heavy atom. The highest BCUT2D eigenvalue weighted by atomic mass is 15.1. The van der Waals surface area contributed by atoms with E-state index < -0.39 is 0 Å². The first-order valence-corrected chi connectivity index (χ1v) is 4.00. The average molecular weight is 139 g/mol. The van der Waals surface area contributed by atoms with Crippen LogP contribution in [0.25, 0.3) is 0 Å². The topological polar surface area (TPSA) is 3.24 Å². The fourth-order valence-electron chi connectivity index (χ4n) is 1.45. The summed E-state index contributed by atoms with van der Waals surface area (Å²) in [6.07, 6.45) is 1.20. The maximum absolute atomic E-state index is 3.99. The van der Waals surface area contributed by atoms with Gasteiger partial charge in [-0.05, 0) is 18.3 Å². The molecule has 10 heavy (non-hydrogen) atoms. The summed E-state index contributed by atoms with van der Waals surface area (Å²) in [4.78, 5) is 2.27. The molecule has 0 aliphatic carbocycles. The number of allylic oxidation sites excluding steroid dienone is 1. The van der Waals surface area contributed by atoms with Crippen molar-refractivity contribution in [3.05, 3.63) is 12.3 Å². The highest BCUT2D eigenvalue weighted by Gasteiger charge is 2.24. The number of likely N-dealkylation sites (tertiary alicyclic amines) is 1. The van der Waals surface area contributed by atoms with Crippen LogP contribution in [0.5, 0.6) is 0 Å². The minimum atomic E-state index is 0.807. The molecule has 0 aromatic rings. The SMILES string of the molecule is C=C1C[C@@H](C(C)C)CN1C. The largest absolute Gasteiger partial charge is 0.378 e. The minimum absolute atomic E-state index is 0.807. The Morgan fingerprint density at radius 1 is 1.60 bits per heavy atom. The van der Waals surface area contributed by atoms with E-state index in [1.807, 2.05) is 0 Å². The van der Waals surface area contributed by atoms with Crippen LogP contribution in [0.2, 0.25) is 0 Å². The van der Waals surface area contributed by atoms with Gasteiger partial charge in [-0.15, -0.1) is 0 Å². The van der Waals surface area contributed by atoms with Crippen LogP contribution in [0.1, 0.15) is 20.3 Å². The molecule has 58 valence electrons. The Balaban J connectivity index is 2.49. The lowest BCUT2D eigenvalue weighted by Crippen LogP contribution is -2.15. The molecule has 1 saturated heterocycles. The van der Waals surface area contributed by atoms with Crippen molar-refractivity contribution in [3.63, 3.8) is 0 Å². The van der Waals surface area contributed by atoms with Gasteiger partial charge in [0.2, 0.25) is 0 Å². The summed E-state index contributed by atoms with van der Waals surface area (Å²) in [5.41, 5.74) is 1.30. The quantitative estimate of drug-likeness (QED) is 0.538. The van der Waals surface area contributed by atoms with Crippen LogP contribution < -0.4 is 0 Å².